The summed E-state index contributed by atoms with van der Waals surface area (Å²) in [5, 5.41) is 27.7. The fraction of sp³-hybridized carbons (Fsp3) is 1.00. The maximum atomic E-state index is 9.79. The molecule has 1 atom stereocenters. The summed E-state index contributed by atoms with van der Waals surface area (Å²) in [4.78, 5) is 1.92. The van der Waals surface area contributed by atoms with Gasteiger partial charge in [0.25, 0.3) is 0 Å². The van der Waals surface area contributed by atoms with Gasteiger partial charge in [-0.05, 0) is 14.1 Å². The first kappa shape index (κ1) is 14.8. The highest BCUT2D eigenvalue weighted by atomic mass is 16.3. The third-order valence-electron chi connectivity index (χ3n) is 2.51. The van der Waals surface area contributed by atoms with Gasteiger partial charge in [-0.3, -0.25) is 0 Å². The van der Waals surface area contributed by atoms with Gasteiger partial charge in [-0.15, -0.1) is 0 Å². The van der Waals surface area contributed by atoms with E-state index in [9.17, 15) is 5.11 Å². The number of aliphatic hydroxyl groups is 3. The Kier molecular flexibility index (Phi) is 7.04. The van der Waals surface area contributed by atoms with Gasteiger partial charge in [0, 0.05) is 6.54 Å². The molecule has 5 heteroatoms. The number of aliphatic hydroxyl groups excluding tert-OH is 3. The first-order valence-electron chi connectivity index (χ1n) is 5.31. The fourth-order valence-electron chi connectivity index (χ4n) is 1.77. The van der Waals surface area contributed by atoms with Crippen LogP contribution >= 0.6 is 0 Å². The van der Waals surface area contributed by atoms with Gasteiger partial charge < -0.3 is 24.7 Å². The molecule has 0 heterocycles. The Morgan fingerprint density at radius 1 is 1.13 bits per heavy atom. The first-order chi connectivity index (χ1) is 6.93. The highest BCUT2D eigenvalue weighted by Crippen LogP contribution is 2.04. The van der Waals surface area contributed by atoms with Crippen molar-refractivity contribution >= 4 is 0 Å². The fourth-order valence-corrected chi connectivity index (χ4v) is 1.77. The van der Waals surface area contributed by atoms with E-state index < -0.39 is 6.10 Å². The molecule has 0 saturated heterocycles. The molecule has 0 rings (SSSR count). The third kappa shape index (κ3) is 6.81. The highest BCUT2D eigenvalue weighted by molar-refractivity contribution is 4.58. The number of quaternary nitrogens is 1. The molecule has 0 fully saturated rings. The van der Waals surface area contributed by atoms with E-state index in [1.54, 1.807) is 0 Å². The van der Waals surface area contributed by atoms with Crippen LogP contribution in [0.3, 0.4) is 0 Å². The van der Waals surface area contributed by atoms with E-state index in [1.165, 1.54) is 0 Å². The predicted molar refractivity (Wildman–Crippen MR) is 59.5 cm³/mol. The second-order valence-electron chi connectivity index (χ2n) is 4.61. The zero-order chi connectivity index (χ0) is 11.9. The van der Waals surface area contributed by atoms with Gasteiger partial charge in [-0.2, -0.15) is 0 Å². The van der Waals surface area contributed by atoms with Crippen molar-refractivity contribution in [2.24, 2.45) is 0 Å². The number of rotatable bonds is 8. The summed E-state index contributed by atoms with van der Waals surface area (Å²) in [7, 11) is 5.75. The Bertz CT molecular complexity index is 159. The lowest BCUT2D eigenvalue weighted by Crippen LogP contribution is -2.53. The van der Waals surface area contributed by atoms with Gasteiger partial charge in [0.2, 0.25) is 0 Å². The van der Waals surface area contributed by atoms with Crippen LogP contribution in [0.1, 0.15) is 0 Å². The Labute approximate surface area is 92.1 Å². The molecule has 0 radical (unpaired) electrons. The molecule has 0 aliphatic heterocycles. The lowest BCUT2D eigenvalue weighted by molar-refractivity contribution is -0.912. The van der Waals surface area contributed by atoms with Gasteiger partial charge in [-0.25, -0.2) is 0 Å². The van der Waals surface area contributed by atoms with Gasteiger partial charge in [-0.1, -0.05) is 0 Å². The van der Waals surface area contributed by atoms with E-state index >= 15 is 0 Å². The van der Waals surface area contributed by atoms with Crippen LogP contribution in [0.2, 0.25) is 0 Å². The van der Waals surface area contributed by atoms with Crippen LogP contribution in [0, 0.1) is 0 Å². The maximum Gasteiger partial charge on any atom is 0.115 e. The highest BCUT2D eigenvalue weighted by Gasteiger charge is 2.24. The molecule has 3 N–H and O–H groups in total. The van der Waals surface area contributed by atoms with Crippen LogP contribution in [-0.2, 0) is 0 Å². The molecule has 0 aromatic rings. The summed E-state index contributed by atoms with van der Waals surface area (Å²) in [6, 6.07) is 0. The summed E-state index contributed by atoms with van der Waals surface area (Å²) in [6.07, 6.45) is -0.428. The molecule has 1 unspecified atom stereocenters. The normalized spacial score (nSPS) is 14.6. The smallest absolute Gasteiger partial charge is 0.115 e. The van der Waals surface area contributed by atoms with E-state index in [0.29, 0.717) is 30.7 Å². The van der Waals surface area contributed by atoms with Gasteiger partial charge in [0.05, 0.1) is 20.3 Å². The summed E-state index contributed by atoms with van der Waals surface area (Å²) in [5.74, 6) is 0. The van der Waals surface area contributed by atoms with Crippen LogP contribution in [0.5, 0.6) is 0 Å². The van der Waals surface area contributed by atoms with Crippen LogP contribution in [0.15, 0.2) is 0 Å². The predicted octanol–water partition coefficient (Wildman–Crippen LogP) is -1.66. The van der Waals surface area contributed by atoms with Crippen LogP contribution in [0.4, 0.5) is 0 Å². The molecule has 92 valence electrons. The topological polar surface area (TPSA) is 63.9 Å². The van der Waals surface area contributed by atoms with Crippen molar-refractivity contribution in [1.82, 2.24) is 4.90 Å². The zero-order valence-corrected chi connectivity index (χ0v) is 10.1. The number of hydrogen-bond donors (Lipinski definition) is 3. The van der Waals surface area contributed by atoms with Gasteiger partial charge in [0.1, 0.15) is 25.7 Å². The van der Waals surface area contributed by atoms with Gasteiger partial charge in [0.15, 0.2) is 0 Å². The largest absolute Gasteiger partial charge is 0.391 e. The molecular formula is C10H25N2O3+. The van der Waals surface area contributed by atoms with Crippen molar-refractivity contribution in [2.45, 2.75) is 6.10 Å². The summed E-state index contributed by atoms with van der Waals surface area (Å²) >= 11 is 0. The molecule has 5 nitrogen and oxygen atoms in total. The van der Waals surface area contributed by atoms with Crippen molar-refractivity contribution in [3.8, 4) is 0 Å². The minimum atomic E-state index is -0.428. The Balaban J connectivity index is 4.14. The maximum absolute atomic E-state index is 9.79. The SMILES string of the molecule is CN(C)CC(O)C[N+](C)(CCO)CCO. The number of nitrogens with zero attached hydrogens (tertiary/aromatic N) is 2. The molecule has 0 bridgehead atoms. The first-order valence-corrected chi connectivity index (χ1v) is 5.31. The quantitative estimate of drug-likeness (QED) is 0.429. The Hall–Kier alpha value is -0.200. The van der Waals surface area contributed by atoms with Crippen molar-refractivity contribution < 1.29 is 19.8 Å². The number of hydrogen-bond acceptors (Lipinski definition) is 4. The minimum Gasteiger partial charge on any atom is -0.391 e. The summed E-state index contributed by atoms with van der Waals surface area (Å²) in [5.41, 5.74) is 0. The monoisotopic (exact) mass is 221 g/mol. The van der Waals surface area contributed by atoms with E-state index in [-0.39, 0.29) is 13.2 Å². The molecule has 0 spiro atoms. The number of likely N-dealkylation sites (N-methyl/N-ethyl adjacent to an activating group) is 2. The van der Waals surface area contributed by atoms with E-state index in [1.807, 2.05) is 26.0 Å². The average Bonchev–Trinajstić information content (AvgIpc) is 2.01. The minimum absolute atomic E-state index is 0.0746. The van der Waals surface area contributed by atoms with E-state index in [4.69, 9.17) is 10.2 Å². The van der Waals surface area contributed by atoms with E-state index in [0.717, 1.165) is 0 Å². The molecular weight excluding hydrogens is 196 g/mol. The molecule has 15 heavy (non-hydrogen) atoms. The standard InChI is InChI=1S/C10H25N2O3/c1-11(2)8-10(15)9-12(3,4-6-13)5-7-14/h10,13-15H,4-9H2,1-3H3/q+1. The summed E-state index contributed by atoms with van der Waals surface area (Å²) < 4.78 is 0.502. The van der Waals surface area contributed by atoms with E-state index in [2.05, 4.69) is 0 Å². The lowest BCUT2D eigenvalue weighted by atomic mass is 10.2. The van der Waals surface area contributed by atoms with Crippen molar-refractivity contribution in [1.29, 1.82) is 0 Å². The van der Waals surface area contributed by atoms with Crippen molar-refractivity contribution in [3.05, 3.63) is 0 Å². The molecule has 0 saturated carbocycles. The molecule has 0 aromatic carbocycles. The van der Waals surface area contributed by atoms with Crippen molar-refractivity contribution in [2.75, 3.05) is 60.5 Å². The second-order valence-corrected chi connectivity index (χ2v) is 4.61. The Morgan fingerprint density at radius 3 is 1.93 bits per heavy atom. The molecule has 0 amide bonds. The Morgan fingerprint density at radius 2 is 1.60 bits per heavy atom. The van der Waals surface area contributed by atoms with Gasteiger partial charge >= 0.3 is 0 Å². The second kappa shape index (κ2) is 7.14. The molecule has 0 aliphatic carbocycles. The zero-order valence-electron chi connectivity index (χ0n) is 10.1. The van der Waals surface area contributed by atoms with Crippen molar-refractivity contribution in [3.63, 3.8) is 0 Å². The third-order valence-corrected chi connectivity index (χ3v) is 2.51. The van der Waals surface area contributed by atoms with Crippen LogP contribution in [0.25, 0.3) is 0 Å². The average molecular weight is 221 g/mol. The lowest BCUT2D eigenvalue weighted by Gasteiger charge is -2.35. The van der Waals surface area contributed by atoms with Crippen LogP contribution < -0.4 is 0 Å². The van der Waals surface area contributed by atoms with Crippen LogP contribution in [-0.4, -0.2) is 91.3 Å². The molecule has 0 aromatic heterocycles. The molecule has 0 aliphatic rings. The summed E-state index contributed by atoms with van der Waals surface area (Å²) in [6.45, 7) is 2.43.